The molecule has 0 amide bonds. The van der Waals surface area contributed by atoms with Gasteiger partial charge in [0.15, 0.2) is 0 Å². The van der Waals surface area contributed by atoms with E-state index in [1.165, 1.54) is 12.0 Å². The van der Waals surface area contributed by atoms with E-state index in [2.05, 4.69) is 25.6 Å². The normalized spacial score (nSPS) is 9.86. The quantitative estimate of drug-likeness (QED) is 0.562. The zero-order valence-corrected chi connectivity index (χ0v) is 13.1. The summed E-state index contributed by atoms with van der Waals surface area (Å²) in [7, 11) is 0. The minimum Gasteiger partial charge on any atom is -0.508 e. The van der Waals surface area contributed by atoms with E-state index in [9.17, 15) is 0 Å². The number of hydrogen-bond acceptors (Lipinski definition) is 2. The summed E-state index contributed by atoms with van der Waals surface area (Å²) in [6, 6.07) is 17.0. The maximum atomic E-state index is 8.82. The van der Waals surface area contributed by atoms with Crippen molar-refractivity contribution in [3.63, 3.8) is 0 Å². The monoisotopic (exact) mass is 296 g/mol. The molecule has 2 nitrogen and oxygen atoms in total. The van der Waals surface area contributed by atoms with E-state index in [4.69, 9.17) is 9.84 Å². The minimum absolute atomic E-state index is 0.292. The van der Waals surface area contributed by atoms with Crippen molar-refractivity contribution in [3.05, 3.63) is 78.6 Å². The molecular weight excluding hydrogens is 272 g/mol. The van der Waals surface area contributed by atoms with E-state index in [1.807, 2.05) is 36.4 Å². The molecule has 0 spiro atoms. The SMILES string of the molecule is C=Cc1ccc(O)cc1.CCCCOC=Cc1ccccc1. The highest BCUT2D eigenvalue weighted by Crippen LogP contribution is 2.09. The summed E-state index contributed by atoms with van der Waals surface area (Å²) in [5.41, 5.74) is 2.20. The highest BCUT2D eigenvalue weighted by atomic mass is 16.5. The number of rotatable bonds is 6. The highest BCUT2D eigenvalue weighted by Gasteiger charge is 1.84. The van der Waals surface area contributed by atoms with E-state index in [0.717, 1.165) is 18.6 Å². The lowest BCUT2D eigenvalue weighted by molar-refractivity contribution is 0.246. The van der Waals surface area contributed by atoms with Crippen LogP contribution in [-0.2, 0) is 4.74 Å². The van der Waals surface area contributed by atoms with Crippen LogP contribution in [0.25, 0.3) is 12.2 Å². The van der Waals surface area contributed by atoms with Gasteiger partial charge in [0.25, 0.3) is 0 Å². The van der Waals surface area contributed by atoms with Crippen LogP contribution in [0.5, 0.6) is 5.75 Å². The number of aromatic hydroxyl groups is 1. The van der Waals surface area contributed by atoms with Crippen LogP contribution in [0, 0.1) is 0 Å². The molecule has 2 aromatic rings. The minimum atomic E-state index is 0.292. The third-order valence-electron chi connectivity index (χ3n) is 2.90. The third-order valence-corrected chi connectivity index (χ3v) is 2.90. The number of hydrogen-bond donors (Lipinski definition) is 1. The van der Waals surface area contributed by atoms with E-state index < -0.39 is 0 Å². The molecule has 0 bridgehead atoms. The zero-order chi connectivity index (χ0) is 16.0. The summed E-state index contributed by atoms with van der Waals surface area (Å²) in [6.45, 7) is 6.56. The van der Waals surface area contributed by atoms with Gasteiger partial charge in [0.2, 0.25) is 0 Å². The van der Waals surface area contributed by atoms with Gasteiger partial charge in [-0.05, 0) is 35.8 Å². The first kappa shape index (κ1) is 17.6. The molecule has 0 saturated heterocycles. The van der Waals surface area contributed by atoms with Gasteiger partial charge in [-0.3, -0.25) is 0 Å². The first-order chi connectivity index (χ1) is 10.8. The van der Waals surface area contributed by atoms with Gasteiger partial charge in [0.1, 0.15) is 5.75 Å². The van der Waals surface area contributed by atoms with Gasteiger partial charge in [-0.15, -0.1) is 0 Å². The van der Waals surface area contributed by atoms with Gasteiger partial charge in [-0.25, -0.2) is 0 Å². The molecule has 116 valence electrons. The van der Waals surface area contributed by atoms with E-state index in [1.54, 1.807) is 24.5 Å². The van der Waals surface area contributed by atoms with Crippen molar-refractivity contribution in [3.8, 4) is 5.75 Å². The fraction of sp³-hybridized carbons (Fsp3) is 0.200. The molecular formula is C20H24O2. The van der Waals surface area contributed by atoms with Gasteiger partial charge in [-0.1, -0.05) is 68.5 Å². The van der Waals surface area contributed by atoms with Crippen LogP contribution in [0.1, 0.15) is 30.9 Å². The van der Waals surface area contributed by atoms with Crippen molar-refractivity contribution in [2.24, 2.45) is 0 Å². The summed E-state index contributed by atoms with van der Waals surface area (Å²) in [6.07, 6.45) is 7.79. The van der Waals surface area contributed by atoms with E-state index >= 15 is 0 Å². The van der Waals surface area contributed by atoms with Crippen molar-refractivity contribution in [2.75, 3.05) is 6.61 Å². The van der Waals surface area contributed by atoms with Crippen LogP contribution in [-0.4, -0.2) is 11.7 Å². The second-order valence-corrected chi connectivity index (χ2v) is 4.73. The van der Waals surface area contributed by atoms with Crippen LogP contribution >= 0.6 is 0 Å². The molecule has 0 unspecified atom stereocenters. The van der Waals surface area contributed by atoms with Gasteiger partial charge in [0, 0.05) is 0 Å². The molecule has 2 heteroatoms. The second-order valence-electron chi connectivity index (χ2n) is 4.73. The summed E-state index contributed by atoms with van der Waals surface area (Å²) >= 11 is 0. The molecule has 0 aromatic heterocycles. The van der Waals surface area contributed by atoms with Crippen molar-refractivity contribution in [1.29, 1.82) is 0 Å². The zero-order valence-electron chi connectivity index (χ0n) is 13.1. The highest BCUT2D eigenvalue weighted by molar-refractivity contribution is 5.48. The number of ether oxygens (including phenoxy) is 1. The number of phenolic OH excluding ortho intramolecular Hbond substituents is 1. The summed E-state index contributed by atoms with van der Waals surface area (Å²) in [5.74, 6) is 0.292. The van der Waals surface area contributed by atoms with Gasteiger partial charge < -0.3 is 9.84 Å². The molecule has 0 atom stereocenters. The molecule has 0 aliphatic carbocycles. The van der Waals surface area contributed by atoms with Crippen LogP contribution in [0.2, 0.25) is 0 Å². The lowest BCUT2D eigenvalue weighted by atomic mass is 10.2. The number of unbranched alkanes of at least 4 members (excludes halogenated alkanes) is 1. The molecule has 0 saturated carbocycles. The van der Waals surface area contributed by atoms with E-state index in [-0.39, 0.29) is 0 Å². The van der Waals surface area contributed by atoms with Crippen LogP contribution < -0.4 is 0 Å². The van der Waals surface area contributed by atoms with Crippen molar-refractivity contribution in [2.45, 2.75) is 19.8 Å². The molecule has 1 N–H and O–H groups in total. The molecule has 2 rings (SSSR count). The smallest absolute Gasteiger partial charge is 0.115 e. The van der Waals surface area contributed by atoms with Crippen LogP contribution in [0.3, 0.4) is 0 Å². The first-order valence-corrected chi connectivity index (χ1v) is 7.51. The Balaban J connectivity index is 0.000000235. The Morgan fingerprint density at radius 1 is 1.00 bits per heavy atom. The summed E-state index contributed by atoms with van der Waals surface area (Å²) in [5, 5.41) is 8.82. The third kappa shape index (κ3) is 7.95. The Labute approximate surface area is 133 Å². The molecule has 0 aliphatic heterocycles. The first-order valence-electron chi connectivity index (χ1n) is 7.51. The molecule has 0 aliphatic rings. The Morgan fingerprint density at radius 3 is 2.27 bits per heavy atom. The largest absolute Gasteiger partial charge is 0.508 e. The van der Waals surface area contributed by atoms with Gasteiger partial charge >= 0.3 is 0 Å². The van der Waals surface area contributed by atoms with E-state index in [0.29, 0.717) is 5.75 Å². The fourth-order valence-corrected chi connectivity index (χ4v) is 1.60. The standard InChI is InChI=1S/C12H16O.C8H8O/c1-2-3-10-13-11-9-12-7-5-4-6-8-12;1-2-7-3-5-8(9)6-4-7/h4-9,11H,2-3,10H2,1H3;2-6,9H,1H2. The number of phenols is 1. The maximum Gasteiger partial charge on any atom is 0.115 e. The van der Waals surface area contributed by atoms with Crippen molar-refractivity contribution < 1.29 is 9.84 Å². The average molecular weight is 296 g/mol. The van der Waals surface area contributed by atoms with Gasteiger partial charge in [0.05, 0.1) is 12.9 Å². The predicted octanol–water partition coefficient (Wildman–Crippen LogP) is 5.51. The second kappa shape index (κ2) is 11.2. The Hall–Kier alpha value is -2.48. The fourth-order valence-electron chi connectivity index (χ4n) is 1.60. The molecule has 0 radical (unpaired) electrons. The topological polar surface area (TPSA) is 29.5 Å². The van der Waals surface area contributed by atoms with Gasteiger partial charge in [-0.2, -0.15) is 0 Å². The summed E-state index contributed by atoms with van der Waals surface area (Å²) < 4.78 is 5.30. The molecule has 0 fully saturated rings. The molecule has 22 heavy (non-hydrogen) atoms. The molecule has 2 aromatic carbocycles. The summed E-state index contributed by atoms with van der Waals surface area (Å²) in [4.78, 5) is 0. The lowest BCUT2D eigenvalue weighted by Gasteiger charge is -1.97. The predicted molar refractivity (Wildman–Crippen MR) is 94.5 cm³/mol. The number of benzene rings is 2. The van der Waals surface area contributed by atoms with Crippen LogP contribution in [0.15, 0.2) is 67.4 Å². The van der Waals surface area contributed by atoms with Crippen LogP contribution in [0.4, 0.5) is 0 Å². The van der Waals surface area contributed by atoms with Crippen molar-refractivity contribution in [1.82, 2.24) is 0 Å². The lowest BCUT2D eigenvalue weighted by Crippen LogP contribution is -1.84. The average Bonchev–Trinajstić information content (AvgIpc) is 2.57. The maximum absolute atomic E-state index is 8.82. The Bertz CT molecular complexity index is 542. The molecule has 0 heterocycles. The van der Waals surface area contributed by atoms with Crippen molar-refractivity contribution >= 4 is 12.2 Å². The Morgan fingerprint density at radius 2 is 1.68 bits per heavy atom. The Kier molecular flexibility index (Phi) is 8.95.